The highest BCUT2D eigenvalue weighted by atomic mass is 32.1. The maximum absolute atomic E-state index is 12.3. The number of thiophene rings is 1. The van der Waals surface area contributed by atoms with E-state index in [0.717, 1.165) is 11.3 Å². The van der Waals surface area contributed by atoms with Crippen molar-refractivity contribution in [2.45, 2.75) is 31.9 Å². The Kier molecular flexibility index (Phi) is 3.56. The predicted molar refractivity (Wildman–Crippen MR) is 73.5 cm³/mol. The van der Waals surface area contributed by atoms with Crippen molar-refractivity contribution in [3.8, 4) is 0 Å². The first kappa shape index (κ1) is 14.5. The van der Waals surface area contributed by atoms with E-state index >= 15 is 0 Å². The van der Waals surface area contributed by atoms with Gasteiger partial charge in [-0.05, 0) is 19.9 Å². The minimum atomic E-state index is -0.600. The van der Waals surface area contributed by atoms with Crippen molar-refractivity contribution < 1.29 is 19.1 Å². The first-order valence-electron chi connectivity index (χ1n) is 6.09. The Morgan fingerprint density at radius 1 is 1.50 bits per heavy atom. The molecule has 0 aromatic carbocycles. The van der Waals surface area contributed by atoms with Gasteiger partial charge >= 0.3 is 5.97 Å². The van der Waals surface area contributed by atoms with E-state index in [2.05, 4.69) is 0 Å². The topological polar surface area (TPSA) is 89.7 Å². The zero-order valence-electron chi connectivity index (χ0n) is 11.5. The predicted octanol–water partition coefficient (Wildman–Crippen LogP) is 1.01. The van der Waals surface area contributed by atoms with Crippen molar-refractivity contribution in [3.63, 3.8) is 0 Å². The molecule has 2 N–H and O–H groups in total. The van der Waals surface area contributed by atoms with E-state index in [4.69, 9.17) is 10.5 Å². The standard InChI is InChI=1S/C13H16N2O4S/c1-13(2)5-8(12(18)19-13)15(3)11(17)9-4-7(6-20-9)10(14)16/h4,6,8H,5H2,1-3H3,(H2,14,16)/t8-/m1/s1. The summed E-state index contributed by atoms with van der Waals surface area (Å²) in [5.41, 5.74) is 4.88. The molecule has 1 aliphatic rings. The third-order valence-corrected chi connectivity index (χ3v) is 4.13. The second-order valence-corrected chi connectivity index (χ2v) is 6.29. The van der Waals surface area contributed by atoms with Crippen LogP contribution in [0.1, 0.15) is 40.3 Å². The molecule has 1 aromatic rings. The van der Waals surface area contributed by atoms with Crippen molar-refractivity contribution in [3.05, 3.63) is 21.9 Å². The molecule has 0 bridgehead atoms. The fourth-order valence-corrected chi connectivity index (χ4v) is 3.00. The number of rotatable bonds is 3. The van der Waals surface area contributed by atoms with Gasteiger partial charge in [-0.1, -0.05) is 0 Å². The summed E-state index contributed by atoms with van der Waals surface area (Å²) in [5, 5.41) is 1.53. The molecule has 2 heterocycles. The van der Waals surface area contributed by atoms with Crippen LogP contribution in [-0.4, -0.2) is 41.4 Å². The van der Waals surface area contributed by atoms with Crippen molar-refractivity contribution >= 4 is 29.1 Å². The van der Waals surface area contributed by atoms with Gasteiger partial charge in [0.1, 0.15) is 11.6 Å². The van der Waals surface area contributed by atoms with Crippen molar-refractivity contribution in [2.75, 3.05) is 7.05 Å². The molecule has 1 aliphatic heterocycles. The highest BCUT2D eigenvalue weighted by molar-refractivity contribution is 7.12. The van der Waals surface area contributed by atoms with Gasteiger partial charge in [0.25, 0.3) is 5.91 Å². The van der Waals surface area contributed by atoms with Crippen LogP contribution < -0.4 is 5.73 Å². The number of primary amides is 1. The average molecular weight is 296 g/mol. The maximum Gasteiger partial charge on any atom is 0.329 e. The van der Waals surface area contributed by atoms with Gasteiger partial charge in [-0.2, -0.15) is 0 Å². The molecular formula is C13H16N2O4S. The van der Waals surface area contributed by atoms with Crippen LogP contribution >= 0.6 is 11.3 Å². The number of nitrogens with zero attached hydrogens (tertiary/aromatic N) is 1. The molecule has 0 saturated carbocycles. The minimum absolute atomic E-state index is 0.293. The van der Waals surface area contributed by atoms with E-state index in [-0.39, 0.29) is 5.91 Å². The molecule has 0 radical (unpaired) electrons. The van der Waals surface area contributed by atoms with Crippen LogP contribution in [0, 0.1) is 0 Å². The second-order valence-electron chi connectivity index (χ2n) is 5.38. The van der Waals surface area contributed by atoms with Gasteiger partial charge in [0.15, 0.2) is 0 Å². The molecule has 1 saturated heterocycles. The van der Waals surface area contributed by atoms with E-state index in [9.17, 15) is 14.4 Å². The molecule has 108 valence electrons. The lowest BCUT2D eigenvalue weighted by atomic mass is 10.0. The summed E-state index contributed by atoms with van der Waals surface area (Å²) in [5.74, 6) is -1.30. The Balaban J connectivity index is 2.16. The lowest BCUT2D eigenvalue weighted by Gasteiger charge is -2.21. The summed E-state index contributed by atoms with van der Waals surface area (Å²) in [7, 11) is 1.55. The number of ether oxygens (including phenoxy) is 1. The SMILES string of the molecule is CN(C(=O)c1cc(C(N)=O)cs1)[C@@H]1CC(C)(C)OC1=O. The monoisotopic (exact) mass is 296 g/mol. The van der Waals surface area contributed by atoms with Crippen molar-refractivity contribution in [1.82, 2.24) is 4.90 Å². The highest BCUT2D eigenvalue weighted by Crippen LogP contribution is 2.29. The number of carbonyl (C=O) groups excluding carboxylic acids is 3. The summed E-state index contributed by atoms with van der Waals surface area (Å²) in [6, 6.07) is 0.841. The molecule has 1 atom stereocenters. The van der Waals surface area contributed by atoms with Crippen LogP contribution in [0.4, 0.5) is 0 Å². The Bertz CT molecular complexity index is 579. The highest BCUT2D eigenvalue weighted by Gasteiger charge is 2.43. The molecule has 0 aliphatic carbocycles. The fourth-order valence-electron chi connectivity index (χ4n) is 2.12. The molecule has 0 spiro atoms. The molecule has 20 heavy (non-hydrogen) atoms. The summed E-state index contributed by atoms with van der Waals surface area (Å²) < 4.78 is 5.21. The minimum Gasteiger partial charge on any atom is -0.458 e. The number of nitrogens with two attached hydrogens (primary N) is 1. The lowest BCUT2D eigenvalue weighted by Crippen LogP contribution is -2.39. The lowest BCUT2D eigenvalue weighted by molar-refractivity contribution is -0.148. The van der Waals surface area contributed by atoms with Gasteiger partial charge in [-0.3, -0.25) is 9.59 Å². The van der Waals surface area contributed by atoms with Gasteiger partial charge < -0.3 is 15.4 Å². The van der Waals surface area contributed by atoms with Crippen LogP contribution in [0.25, 0.3) is 0 Å². The Labute approximate surface area is 120 Å². The molecule has 1 fully saturated rings. The summed E-state index contributed by atoms with van der Waals surface area (Å²) in [6.45, 7) is 3.61. The third kappa shape index (κ3) is 2.67. The number of amides is 2. The van der Waals surface area contributed by atoms with Crippen molar-refractivity contribution in [1.29, 1.82) is 0 Å². The molecular weight excluding hydrogens is 280 g/mol. The number of likely N-dealkylation sites (N-methyl/N-ethyl adjacent to an activating group) is 1. The van der Waals surface area contributed by atoms with E-state index in [0.29, 0.717) is 16.9 Å². The van der Waals surface area contributed by atoms with Gasteiger partial charge in [-0.25, -0.2) is 4.79 Å². The van der Waals surface area contributed by atoms with Gasteiger partial charge in [-0.15, -0.1) is 11.3 Å². The molecule has 6 nitrogen and oxygen atoms in total. The van der Waals surface area contributed by atoms with E-state index in [1.807, 2.05) is 0 Å². The molecule has 2 rings (SSSR count). The Hall–Kier alpha value is -1.89. The molecule has 7 heteroatoms. The maximum atomic E-state index is 12.3. The van der Waals surface area contributed by atoms with Crippen LogP contribution in [0.15, 0.2) is 11.4 Å². The Morgan fingerprint density at radius 2 is 2.15 bits per heavy atom. The summed E-state index contributed by atoms with van der Waals surface area (Å²) >= 11 is 1.13. The quantitative estimate of drug-likeness (QED) is 0.843. The number of carbonyl (C=O) groups is 3. The van der Waals surface area contributed by atoms with Crippen LogP contribution in [0.3, 0.4) is 0 Å². The zero-order chi connectivity index (χ0) is 15.1. The van der Waals surface area contributed by atoms with E-state index in [1.165, 1.54) is 16.3 Å². The van der Waals surface area contributed by atoms with Crippen molar-refractivity contribution in [2.24, 2.45) is 5.73 Å². The smallest absolute Gasteiger partial charge is 0.329 e. The van der Waals surface area contributed by atoms with Gasteiger partial charge in [0.05, 0.1) is 10.4 Å². The zero-order valence-corrected chi connectivity index (χ0v) is 12.3. The van der Waals surface area contributed by atoms with E-state index < -0.39 is 23.5 Å². The average Bonchev–Trinajstić information content (AvgIpc) is 2.92. The number of hydrogen-bond acceptors (Lipinski definition) is 5. The number of cyclic esters (lactones) is 1. The van der Waals surface area contributed by atoms with Crippen LogP contribution in [-0.2, 0) is 9.53 Å². The van der Waals surface area contributed by atoms with Crippen LogP contribution in [0.5, 0.6) is 0 Å². The number of hydrogen-bond donors (Lipinski definition) is 1. The number of esters is 1. The molecule has 0 unspecified atom stereocenters. The fraction of sp³-hybridized carbons (Fsp3) is 0.462. The largest absolute Gasteiger partial charge is 0.458 e. The van der Waals surface area contributed by atoms with Gasteiger partial charge in [0, 0.05) is 18.8 Å². The Morgan fingerprint density at radius 3 is 2.60 bits per heavy atom. The second kappa shape index (κ2) is 4.90. The van der Waals surface area contributed by atoms with Gasteiger partial charge in [0.2, 0.25) is 5.91 Å². The third-order valence-electron chi connectivity index (χ3n) is 3.22. The summed E-state index contributed by atoms with van der Waals surface area (Å²) in [6.07, 6.45) is 0.447. The molecule has 2 amide bonds. The van der Waals surface area contributed by atoms with Crippen LogP contribution in [0.2, 0.25) is 0 Å². The molecule has 1 aromatic heterocycles. The van der Waals surface area contributed by atoms with E-state index in [1.54, 1.807) is 20.9 Å². The summed E-state index contributed by atoms with van der Waals surface area (Å²) in [4.78, 5) is 36.9. The normalized spacial score (nSPS) is 20.6. The first-order valence-corrected chi connectivity index (χ1v) is 6.97. The first-order chi connectivity index (χ1) is 9.21.